The van der Waals surface area contributed by atoms with Crippen LogP contribution in [0.1, 0.15) is 5.56 Å². The summed E-state index contributed by atoms with van der Waals surface area (Å²) in [4.78, 5) is 40.6. The van der Waals surface area contributed by atoms with Gasteiger partial charge in [0, 0.05) is 61.5 Å². The molecule has 0 aliphatic carbocycles. The van der Waals surface area contributed by atoms with Crippen molar-refractivity contribution in [2.24, 2.45) is 0 Å². The fraction of sp³-hybridized carbons (Fsp3) is 0.200. The van der Waals surface area contributed by atoms with E-state index in [1.807, 2.05) is 47.5 Å². The molecule has 1 fully saturated rings. The molecule has 1 aliphatic rings. The molecule has 172 valence electrons. The van der Waals surface area contributed by atoms with Crippen LogP contribution in [0.2, 0.25) is 0 Å². The molecule has 1 aliphatic heterocycles. The van der Waals surface area contributed by atoms with Gasteiger partial charge >= 0.3 is 6.03 Å². The first kappa shape index (κ1) is 21.4. The monoisotopic (exact) mass is 455 g/mol. The van der Waals surface area contributed by atoms with E-state index in [9.17, 15) is 9.59 Å². The standard InChI is InChI=1S/C25H25N7O2/c33-23(15-18-16-28-24-22(18)4-2-10-27-24)32-13-11-31(12-14-32)21-7-5-19(6-8-21)29-25(34)30-20-3-1-9-26-17-20/h1-10,16-17H,11-15H2,(H,27,28)(H2,29,30,34). The molecule has 0 bridgehead atoms. The quantitative estimate of drug-likeness (QED) is 0.427. The molecule has 0 unspecified atom stereocenters. The van der Waals surface area contributed by atoms with Gasteiger partial charge in [-0.2, -0.15) is 0 Å². The van der Waals surface area contributed by atoms with Gasteiger partial charge in [-0.25, -0.2) is 9.78 Å². The zero-order valence-electron chi connectivity index (χ0n) is 18.6. The SMILES string of the molecule is O=C(Nc1ccc(N2CCN(C(=O)Cc3c[nH]c4ncccc34)CC2)cc1)Nc1cccnc1. The molecule has 4 heterocycles. The third-order valence-corrected chi connectivity index (χ3v) is 5.92. The maximum absolute atomic E-state index is 12.9. The van der Waals surface area contributed by atoms with E-state index in [0.717, 1.165) is 35.4 Å². The fourth-order valence-corrected chi connectivity index (χ4v) is 4.13. The minimum Gasteiger partial charge on any atom is -0.368 e. The number of nitrogens with one attached hydrogen (secondary N) is 3. The number of aromatic nitrogens is 3. The molecule has 3 amide bonds. The zero-order valence-corrected chi connectivity index (χ0v) is 18.6. The van der Waals surface area contributed by atoms with Crippen molar-refractivity contribution in [1.82, 2.24) is 19.9 Å². The number of pyridine rings is 2. The summed E-state index contributed by atoms with van der Waals surface area (Å²) in [7, 11) is 0. The van der Waals surface area contributed by atoms with Crippen LogP contribution in [-0.2, 0) is 11.2 Å². The van der Waals surface area contributed by atoms with E-state index < -0.39 is 0 Å². The lowest BCUT2D eigenvalue weighted by molar-refractivity contribution is -0.130. The van der Waals surface area contributed by atoms with Gasteiger partial charge in [-0.05, 0) is 54.1 Å². The van der Waals surface area contributed by atoms with Crippen LogP contribution in [0.25, 0.3) is 11.0 Å². The highest BCUT2D eigenvalue weighted by molar-refractivity contribution is 5.99. The number of piperazine rings is 1. The lowest BCUT2D eigenvalue weighted by atomic mass is 10.1. The minimum absolute atomic E-state index is 0.128. The summed E-state index contributed by atoms with van der Waals surface area (Å²) in [6, 6.07) is 14.8. The van der Waals surface area contributed by atoms with Crippen molar-refractivity contribution in [2.75, 3.05) is 41.7 Å². The molecule has 9 nitrogen and oxygen atoms in total. The van der Waals surface area contributed by atoms with Gasteiger partial charge in [0.2, 0.25) is 5.91 Å². The second kappa shape index (κ2) is 9.62. The largest absolute Gasteiger partial charge is 0.368 e. The number of fused-ring (bicyclic) bond motifs is 1. The van der Waals surface area contributed by atoms with Crippen molar-refractivity contribution < 1.29 is 9.59 Å². The van der Waals surface area contributed by atoms with Gasteiger partial charge in [-0.15, -0.1) is 0 Å². The molecule has 3 N–H and O–H groups in total. The van der Waals surface area contributed by atoms with Crippen LogP contribution in [0.3, 0.4) is 0 Å². The number of carbonyl (C=O) groups excluding carboxylic acids is 2. The highest BCUT2D eigenvalue weighted by Crippen LogP contribution is 2.21. The molecule has 0 saturated carbocycles. The molecule has 9 heteroatoms. The number of carbonyl (C=O) groups is 2. The fourth-order valence-electron chi connectivity index (χ4n) is 4.13. The Hall–Kier alpha value is -4.40. The van der Waals surface area contributed by atoms with Crippen LogP contribution in [-0.4, -0.2) is 58.0 Å². The molecular weight excluding hydrogens is 430 g/mol. The number of hydrogen-bond donors (Lipinski definition) is 3. The third-order valence-electron chi connectivity index (χ3n) is 5.92. The first-order valence-electron chi connectivity index (χ1n) is 11.2. The van der Waals surface area contributed by atoms with E-state index in [4.69, 9.17) is 0 Å². The maximum Gasteiger partial charge on any atom is 0.323 e. The third kappa shape index (κ3) is 4.83. The average molecular weight is 456 g/mol. The predicted molar refractivity (Wildman–Crippen MR) is 132 cm³/mol. The van der Waals surface area contributed by atoms with E-state index in [1.54, 1.807) is 30.7 Å². The number of urea groups is 1. The van der Waals surface area contributed by atoms with Crippen molar-refractivity contribution in [3.63, 3.8) is 0 Å². The summed E-state index contributed by atoms with van der Waals surface area (Å²) < 4.78 is 0. The molecule has 0 radical (unpaired) electrons. The zero-order chi connectivity index (χ0) is 23.3. The van der Waals surface area contributed by atoms with E-state index >= 15 is 0 Å². The van der Waals surface area contributed by atoms with Crippen LogP contribution in [0.15, 0.2) is 73.3 Å². The van der Waals surface area contributed by atoms with Gasteiger partial charge in [0.25, 0.3) is 0 Å². The van der Waals surface area contributed by atoms with Crippen molar-refractivity contribution in [3.05, 3.63) is 78.9 Å². The molecule has 34 heavy (non-hydrogen) atoms. The number of amides is 3. The maximum atomic E-state index is 12.9. The molecule has 1 aromatic carbocycles. The summed E-state index contributed by atoms with van der Waals surface area (Å²) in [6.45, 7) is 2.87. The number of rotatable bonds is 5. The Labute approximate surface area is 196 Å². The normalized spacial score (nSPS) is 13.6. The first-order valence-corrected chi connectivity index (χ1v) is 11.2. The molecule has 4 aromatic rings. The van der Waals surface area contributed by atoms with E-state index in [1.165, 1.54) is 0 Å². The molecular formula is C25H25N7O2. The van der Waals surface area contributed by atoms with Gasteiger partial charge in [-0.3, -0.25) is 9.78 Å². The molecule has 5 rings (SSSR count). The average Bonchev–Trinajstić information content (AvgIpc) is 3.28. The highest BCUT2D eigenvalue weighted by atomic mass is 16.2. The summed E-state index contributed by atoms with van der Waals surface area (Å²) in [5.74, 6) is 0.128. The minimum atomic E-state index is -0.321. The highest BCUT2D eigenvalue weighted by Gasteiger charge is 2.22. The Morgan fingerprint density at radius 2 is 1.68 bits per heavy atom. The second-order valence-corrected chi connectivity index (χ2v) is 8.13. The Morgan fingerprint density at radius 3 is 2.44 bits per heavy atom. The summed E-state index contributed by atoms with van der Waals surface area (Å²) in [5.41, 5.74) is 4.18. The number of H-pyrrole nitrogens is 1. The van der Waals surface area contributed by atoms with Gasteiger partial charge in [-0.1, -0.05) is 0 Å². The van der Waals surface area contributed by atoms with Crippen molar-refractivity contribution in [3.8, 4) is 0 Å². The van der Waals surface area contributed by atoms with Crippen molar-refractivity contribution in [2.45, 2.75) is 6.42 Å². The van der Waals surface area contributed by atoms with Gasteiger partial charge in [0.05, 0.1) is 18.3 Å². The van der Waals surface area contributed by atoms with Crippen LogP contribution in [0.5, 0.6) is 0 Å². The summed E-state index contributed by atoms with van der Waals surface area (Å²) in [6.07, 6.45) is 7.22. The summed E-state index contributed by atoms with van der Waals surface area (Å²) in [5, 5.41) is 6.56. The topological polar surface area (TPSA) is 106 Å². The lowest BCUT2D eigenvalue weighted by Crippen LogP contribution is -2.49. The molecule has 0 atom stereocenters. The lowest BCUT2D eigenvalue weighted by Gasteiger charge is -2.36. The van der Waals surface area contributed by atoms with E-state index in [0.29, 0.717) is 30.9 Å². The van der Waals surface area contributed by atoms with Crippen LogP contribution in [0, 0.1) is 0 Å². The van der Waals surface area contributed by atoms with Crippen LogP contribution in [0.4, 0.5) is 21.9 Å². The molecule has 0 spiro atoms. The summed E-state index contributed by atoms with van der Waals surface area (Å²) >= 11 is 0. The molecule has 1 saturated heterocycles. The van der Waals surface area contributed by atoms with Gasteiger partial charge in [0.15, 0.2) is 0 Å². The van der Waals surface area contributed by atoms with Crippen molar-refractivity contribution >= 4 is 40.0 Å². The Bertz CT molecular complexity index is 1280. The van der Waals surface area contributed by atoms with Gasteiger partial charge < -0.3 is 25.4 Å². The molecule has 3 aromatic heterocycles. The number of aromatic amines is 1. The van der Waals surface area contributed by atoms with Gasteiger partial charge in [0.1, 0.15) is 5.65 Å². The van der Waals surface area contributed by atoms with E-state index in [2.05, 4.69) is 30.5 Å². The van der Waals surface area contributed by atoms with Crippen molar-refractivity contribution in [1.29, 1.82) is 0 Å². The number of hydrogen-bond acceptors (Lipinski definition) is 5. The van der Waals surface area contributed by atoms with E-state index in [-0.39, 0.29) is 11.9 Å². The number of benzene rings is 1. The van der Waals surface area contributed by atoms with Crippen LogP contribution >= 0.6 is 0 Å². The first-order chi connectivity index (χ1) is 16.7. The number of anilines is 3. The van der Waals surface area contributed by atoms with Crippen LogP contribution < -0.4 is 15.5 Å². The predicted octanol–water partition coefficient (Wildman–Crippen LogP) is 3.49. The Kier molecular flexibility index (Phi) is 6.07. The smallest absolute Gasteiger partial charge is 0.323 e. The Morgan fingerprint density at radius 1 is 0.912 bits per heavy atom. The Balaban J connectivity index is 1.12. The second-order valence-electron chi connectivity index (χ2n) is 8.13. The number of nitrogens with zero attached hydrogens (tertiary/aromatic N) is 4.